The maximum Gasteiger partial charge on any atom is 0.586 e. The number of fused-ring (bicyclic) bond motifs is 2. The molecule has 34 heavy (non-hydrogen) atoms. The summed E-state index contributed by atoms with van der Waals surface area (Å²) in [5, 5.41) is 4.95. The fraction of sp³-hybridized carbons (Fsp3) is 0.217. The lowest BCUT2D eigenvalue weighted by atomic mass is 10.0. The van der Waals surface area contributed by atoms with E-state index in [9.17, 15) is 18.4 Å². The molecule has 1 aromatic heterocycles. The molecule has 0 fully saturated rings. The molecule has 0 atom stereocenters. The van der Waals surface area contributed by atoms with Gasteiger partial charge in [0, 0.05) is 40.7 Å². The average molecular weight is 487 g/mol. The largest absolute Gasteiger partial charge is 0.586 e. The Morgan fingerprint density at radius 1 is 1.21 bits per heavy atom. The van der Waals surface area contributed by atoms with Crippen molar-refractivity contribution in [1.29, 1.82) is 0 Å². The van der Waals surface area contributed by atoms with Crippen LogP contribution in [0.15, 0.2) is 52.3 Å². The molecule has 0 aliphatic carbocycles. The minimum Gasteiger partial charge on any atom is -0.395 e. The van der Waals surface area contributed by atoms with Gasteiger partial charge in [0.2, 0.25) is 5.91 Å². The standard InChI is InChI=1S/C23H17ClF2N4O4/c1-2-29(15-6-7-18-19(9-15)34-23(25,26)33-18)20(31)12-30-22(32)17-11-27-10-16(17)21(28-30)13-4-3-5-14(24)8-13/h3-10H,2,11-12H2,1H3. The summed E-state index contributed by atoms with van der Waals surface area (Å²) < 4.78 is 36.7. The molecule has 1 amide bonds. The van der Waals surface area contributed by atoms with Gasteiger partial charge in [0.15, 0.2) is 11.5 Å². The quantitative estimate of drug-likeness (QED) is 0.546. The summed E-state index contributed by atoms with van der Waals surface area (Å²) >= 11 is 6.13. The van der Waals surface area contributed by atoms with Crippen LogP contribution in [0.3, 0.4) is 0 Å². The summed E-state index contributed by atoms with van der Waals surface area (Å²) in [6.45, 7) is 1.77. The first-order valence-corrected chi connectivity index (χ1v) is 10.7. The van der Waals surface area contributed by atoms with Crippen molar-refractivity contribution in [2.24, 2.45) is 4.99 Å². The zero-order valence-corrected chi connectivity index (χ0v) is 18.6. The molecular formula is C23H17ClF2N4O4. The van der Waals surface area contributed by atoms with Crippen LogP contribution in [0.1, 0.15) is 18.1 Å². The van der Waals surface area contributed by atoms with Gasteiger partial charge in [0.05, 0.1) is 12.1 Å². The van der Waals surface area contributed by atoms with Crippen LogP contribution in [0.5, 0.6) is 11.5 Å². The van der Waals surface area contributed by atoms with Crippen LogP contribution in [0.2, 0.25) is 5.02 Å². The normalized spacial score (nSPS) is 14.8. The van der Waals surface area contributed by atoms with Crippen molar-refractivity contribution in [1.82, 2.24) is 9.78 Å². The third-order valence-electron chi connectivity index (χ3n) is 5.46. The van der Waals surface area contributed by atoms with Crippen molar-refractivity contribution in [2.45, 2.75) is 26.3 Å². The number of alkyl halides is 2. The van der Waals surface area contributed by atoms with Crippen LogP contribution in [-0.4, -0.2) is 34.7 Å². The predicted octanol–water partition coefficient (Wildman–Crippen LogP) is 3.87. The molecule has 0 unspecified atom stereocenters. The number of halogens is 3. The highest BCUT2D eigenvalue weighted by Gasteiger charge is 2.43. The molecule has 8 nitrogen and oxygen atoms in total. The highest BCUT2D eigenvalue weighted by molar-refractivity contribution is 6.30. The number of aromatic nitrogens is 2. The van der Waals surface area contributed by atoms with E-state index in [4.69, 9.17) is 11.6 Å². The van der Waals surface area contributed by atoms with Gasteiger partial charge in [-0.15, -0.1) is 8.78 Å². The summed E-state index contributed by atoms with van der Waals surface area (Å²) in [6, 6.07) is 11.1. The second kappa shape index (κ2) is 8.21. The number of amides is 1. The van der Waals surface area contributed by atoms with Crippen molar-refractivity contribution in [3.63, 3.8) is 0 Å². The molecule has 0 spiro atoms. The first-order chi connectivity index (χ1) is 16.3. The molecule has 11 heteroatoms. The van der Waals surface area contributed by atoms with E-state index in [2.05, 4.69) is 19.6 Å². The van der Waals surface area contributed by atoms with Crippen LogP contribution >= 0.6 is 11.6 Å². The monoisotopic (exact) mass is 486 g/mol. The smallest absolute Gasteiger partial charge is 0.395 e. The molecule has 2 aromatic carbocycles. The second-order valence-electron chi connectivity index (χ2n) is 7.62. The molecule has 2 aliphatic heterocycles. The molecule has 174 valence electrons. The third-order valence-corrected chi connectivity index (χ3v) is 5.70. The Morgan fingerprint density at radius 3 is 2.76 bits per heavy atom. The van der Waals surface area contributed by atoms with E-state index in [0.29, 0.717) is 33.1 Å². The van der Waals surface area contributed by atoms with E-state index in [1.54, 1.807) is 37.4 Å². The topological polar surface area (TPSA) is 86.0 Å². The van der Waals surface area contributed by atoms with Crippen molar-refractivity contribution in [3.8, 4) is 22.8 Å². The van der Waals surface area contributed by atoms with Crippen LogP contribution < -0.4 is 19.9 Å². The summed E-state index contributed by atoms with van der Waals surface area (Å²) in [5.41, 5.74) is 2.10. The van der Waals surface area contributed by atoms with Crippen LogP contribution in [-0.2, 0) is 17.9 Å². The summed E-state index contributed by atoms with van der Waals surface area (Å²) in [5.74, 6) is -0.763. The molecule has 0 N–H and O–H groups in total. The van der Waals surface area contributed by atoms with Crippen molar-refractivity contribution in [3.05, 3.63) is 69.0 Å². The van der Waals surface area contributed by atoms with Crippen molar-refractivity contribution >= 4 is 29.4 Å². The van der Waals surface area contributed by atoms with Crippen molar-refractivity contribution < 1.29 is 23.0 Å². The van der Waals surface area contributed by atoms with Crippen LogP contribution in [0.25, 0.3) is 11.3 Å². The Bertz CT molecular complexity index is 1410. The van der Waals surface area contributed by atoms with Crippen molar-refractivity contribution in [2.75, 3.05) is 11.4 Å². The van der Waals surface area contributed by atoms with Gasteiger partial charge < -0.3 is 14.4 Å². The lowest BCUT2D eigenvalue weighted by molar-refractivity contribution is -0.286. The number of ether oxygens (including phenoxy) is 2. The average Bonchev–Trinajstić information content (AvgIpc) is 3.39. The van der Waals surface area contributed by atoms with E-state index in [1.807, 2.05) is 0 Å². The van der Waals surface area contributed by atoms with Crippen LogP contribution in [0, 0.1) is 0 Å². The number of benzene rings is 2. The highest BCUT2D eigenvalue weighted by Crippen LogP contribution is 2.42. The Morgan fingerprint density at radius 2 is 2.00 bits per heavy atom. The van der Waals surface area contributed by atoms with E-state index in [1.165, 1.54) is 23.1 Å². The summed E-state index contributed by atoms with van der Waals surface area (Å²) in [7, 11) is 0. The molecule has 0 saturated carbocycles. The fourth-order valence-electron chi connectivity index (χ4n) is 3.93. The van der Waals surface area contributed by atoms with Gasteiger partial charge in [-0.1, -0.05) is 23.7 Å². The number of anilines is 1. The zero-order valence-electron chi connectivity index (χ0n) is 17.8. The van der Waals surface area contributed by atoms with Crippen LogP contribution in [0.4, 0.5) is 14.5 Å². The lowest BCUT2D eigenvalue weighted by Crippen LogP contribution is -2.38. The minimum absolute atomic E-state index is 0.125. The molecule has 3 heterocycles. The fourth-order valence-corrected chi connectivity index (χ4v) is 4.12. The van der Waals surface area contributed by atoms with Gasteiger partial charge in [-0.2, -0.15) is 5.10 Å². The van der Waals surface area contributed by atoms with Gasteiger partial charge >= 0.3 is 6.29 Å². The molecular weight excluding hydrogens is 470 g/mol. The molecule has 0 radical (unpaired) electrons. The number of nitrogens with zero attached hydrogens (tertiary/aromatic N) is 4. The SMILES string of the molecule is CCN(C(=O)Cn1nc(-c2cccc(Cl)c2)c2c(c1=O)CN=C2)c1ccc2c(c1)OC(F)(F)O2. The molecule has 0 saturated heterocycles. The molecule has 5 rings (SSSR count). The maximum atomic E-state index is 13.4. The molecule has 3 aromatic rings. The molecule has 0 bridgehead atoms. The number of likely N-dealkylation sites (N-methyl/N-ethyl adjacent to an activating group) is 1. The Hall–Kier alpha value is -3.79. The number of hydrogen-bond acceptors (Lipinski definition) is 6. The first-order valence-electron chi connectivity index (χ1n) is 10.4. The highest BCUT2D eigenvalue weighted by atomic mass is 35.5. The number of carbonyl (C=O) groups is 1. The first kappa shape index (κ1) is 22.0. The number of aliphatic imine (C=N–C) groups is 1. The Labute approximate surface area is 197 Å². The second-order valence-corrected chi connectivity index (χ2v) is 8.06. The zero-order chi connectivity index (χ0) is 24.0. The predicted molar refractivity (Wildman–Crippen MR) is 121 cm³/mol. The van der Waals surface area contributed by atoms with Gasteiger partial charge in [-0.25, -0.2) is 4.68 Å². The minimum atomic E-state index is -3.76. The van der Waals surface area contributed by atoms with E-state index in [-0.39, 0.29) is 31.1 Å². The third kappa shape index (κ3) is 3.90. The van der Waals surface area contributed by atoms with Gasteiger partial charge in [-0.3, -0.25) is 14.6 Å². The van der Waals surface area contributed by atoms with Gasteiger partial charge in [0.25, 0.3) is 5.56 Å². The molecule has 2 aliphatic rings. The van der Waals surface area contributed by atoms with Gasteiger partial charge in [0.1, 0.15) is 12.2 Å². The Balaban J connectivity index is 1.48. The lowest BCUT2D eigenvalue weighted by Gasteiger charge is -2.22. The number of carbonyl (C=O) groups excluding carboxylic acids is 1. The summed E-state index contributed by atoms with van der Waals surface area (Å²) in [4.78, 5) is 31.7. The summed E-state index contributed by atoms with van der Waals surface area (Å²) in [6.07, 6.45) is -2.17. The van der Waals surface area contributed by atoms with E-state index >= 15 is 0 Å². The van der Waals surface area contributed by atoms with E-state index in [0.717, 1.165) is 4.68 Å². The number of hydrogen-bond donors (Lipinski definition) is 0. The van der Waals surface area contributed by atoms with Gasteiger partial charge in [-0.05, 0) is 31.2 Å². The number of rotatable bonds is 5. The maximum absolute atomic E-state index is 13.4. The Kier molecular flexibility index (Phi) is 5.32. The van der Waals surface area contributed by atoms with E-state index < -0.39 is 17.8 Å².